The lowest BCUT2D eigenvalue weighted by atomic mass is 10.1. The van der Waals surface area contributed by atoms with Crippen LogP contribution < -0.4 is 5.32 Å². The molecule has 1 atom stereocenters. The summed E-state index contributed by atoms with van der Waals surface area (Å²) in [7, 11) is 1.93. The van der Waals surface area contributed by atoms with E-state index in [0.717, 1.165) is 5.69 Å². The van der Waals surface area contributed by atoms with Gasteiger partial charge in [-0.2, -0.15) is 10.4 Å². The molecule has 0 aromatic carbocycles. The van der Waals surface area contributed by atoms with Gasteiger partial charge in [-0.05, 0) is 20.9 Å². The van der Waals surface area contributed by atoms with Crippen molar-refractivity contribution in [2.45, 2.75) is 32.9 Å². The molecular formula is C10H16N4. The number of aryl methyl sites for hydroxylation is 1. The highest BCUT2D eigenvalue weighted by Gasteiger charge is 2.10. The number of aromatic nitrogens is 2. The summed E-state index contributed by atoms with van der Waals surface area (Å²) in [6, 6.07) is 2.43. The highest BCUT2D eigenvalue weighted by molar-refractivity contribution is 5.19. The molecule has 4 heteroatoms. The normalized spacial score (nSPS) is 12.4. The fraction of sp³-hybridized carbons (Fsp3) is 0.600. The molecule has 1 aromatic heterocycles. The molecule has 1 N–H and O–H groups in total. The van der Waals surface area contributed by atoms with Gasteiger partial charge in [-0.3, -0.25) is 4.68 Å². The molecule has 0 saturated heterocycles. The Kier molecular flexibility index (Phi) is 3.66. The van der Waals surface area contributed by atoms with Gasteiger partial charge in [-0.25, -0.2) is 0 Å². The summed E-state index contributed by atoms with van der Waals surface area (Å²) in [6.07, 6.45) is 2.38. The van der Waals surface area contributed by atoms with Crippen LogP contribution in [0.1, 0.15) is 30.6 Å². The summed E-state index contributed by atoms with van der Waals surface area (Å²) in [5.74, 6) is 0. The molecule has 14 heavy (non-hydrogen) atoms. The molecule has 1 heterocycles. The summed E-state index contributed by atoms with van der Waals surface area (Å²) in [5.41, 5.74) is 2.34. The van der Waals surface area contributed by atoms with E-state index in [-0.39, 0.29) is 0 Å². The second-order valence-electron chi connectivity index (χ2n) is 3.33. The van der Waals surface area contributed by atoms with Crippen molar-refractivity contribution in [1.29, 1.82) is 5.26 Å². The Bertz CT molecular complexity index is 334. The molecule has 0 amide bonds. The molecule has 1 aromatic rings. The Morgan fingerprint density at radius 2 is 2.43 bits per heavy atom. The predicted octanol–water partition coefficient (Wildman–Crippen LogP) is 1.39. The Morgan fingerprint density at radius 3 is 3.00 bits per heavy atom. The topological polar surface area (TPSA) is 53.6 Å². The maximum Gasteiger partial charge on any atom is 0.0641 e. The van der Waals surface area contributed by atoms with E-state index in [1.54, 1.807) is 0 Å². The van der Waals surface area contributed by atoms with E-state index in [2.05, 4.69) is 23.4 Å². The molecular weight excluding hydrogens is 176 g/mol. The standard InChI is InChI=1S/C10H16N4/c1-8(12-3)10-7-13-14(9(10)2)6-4-5-11/h7-8,12H,4,6H2,1-3H3. The number of rotatable bonds is 4. The molecule has 0 aliphatic rings. The van der Waals surface area contributed by atoms with Gasteiger partial charge < -0.3 is 5.32 Å². The van der Waals surface area contributed by atoms with Crippen LogP contribution in [0.3, 0.4) is 0 Å². The summed E-state index contributed by atoms with van der Waals surface area (Å²) in [6.45, 7) is 4.81. The van der Waals surface area contributed by atoms with Gasteiger partial charge in [-0.15, -0.1) is 0 Å². The third kappa shape index (κ3) is 2.12. The van der Waals surface area contributed by atoms with Gasteiger partial charge in [0.1, 0.15) is 0 Å². The van der Waals surface area contributed by atoms with Gasteiger partial charge >= 0.3 is 0 Å². The lowest BCUT2D eigenvalue weighted by Crippen LogP contribution is -2.13. The number of nitriles is 1. The number of hydrogen-bond donors (Lipinski definition) is 1. The fourth-order valence-electron chi connectivity index (χ4n) is 1.42. The van der Waals surface area contributed by atoms with E-state index in [4.69, 9.17) is 5.26 Å². The molecule has 0 bridgehead atoms. The predicted molar refractivity (Wildman–Crippen MR) is 54.7 cm³/mol. The van der Waals surface area contributed by atoms with Gasteiger partial charge in [-0.1, -0.05) is 0 Å². The minimum absolute atomic E-state index is 0.311. The first kappa shape index (κ1) is 10.7. The second kappa shape index (κ2) is 4.77. The van der Waals surface area contributed by atoms with Crippen molar-refractivity contribution in [3.8, 4) is 6.07 Å². The quantitative estimate of drug-likeness (QED) is 0.784. The summed E-state index contributed by atoms with van der Waals surface area (Å²) < 4.78 is 1.88. The molecule has 0 radical (unpaired) electrons. The molecule has 1 rings (SSSR count). The van der Waals surface area contributed by atoms with Gasteiger partial charge in [0, 0.05) is 17.3 Å². The Morgan fingerprint density at radius 1 is 1.71 bits per heavy atom. The zero-order valence-corrected chi connectivity index (χ0v) is 8.91. The smallest absolute Gasteiger partial charge is 0.0641 e. The van der Waals surface area contributed by atoms with Gasteiger partial charge in [0.2, 0.25) is 0 Å². The molecule has 4 nitrogen and oxygen atoms in total. The largest absolute Gasteiger partial charge is 0.313 e. The lowest BCUT2D eigenvalue weighted by Gasteiger charge is -2.09. The second-order valence-corrected chi connectivity index (χ2v) is 3.33. The summed E-state index contributed by atoms with van der Waals surface area (Å²) >= 11 is 0. The number of nitrogens with zero attached hydrogens (tertiary/aromatic N) is 3. The van der Waals surface area contributed by atoms with Crippen LogP contribution in [0.5, 0.6) is 0 Å². The van der Waals surface area contributed by atoms with Crippen LogP contribution in [0.15, 0.2) is 6.20 Å². The molecule has 76 valence electrons. The van der Waals surface area contributed by atoms with Gasteiger partial charge in [0.05, 0.1) is 25.2 Å². The molecule has 0 spiro atoms. The maximum atomic E-state index is 8.48. The Labute approximate surface area is 84.5 Å². The molecule has 0 aliphatic carbocycles. The van der Waals surface area contributed by atoms with E-state index in [0.29, 0.717) is 19.0 Å². The van der Waals surface area contributed by atoms with Crippen LogP contribution in [0.4, 0.5) is 0 Å². The number of hydrogen-bond acceptors (Lipinski definition) is 3. The zero-order chi connectivity index (χ0) is 10.6. The van der Waals surface area contributed by atoms with Crippen LogP contribution in [0, 0.1) is 18.3 Å². The van der Waals surface area contributed by atoms with E-state index in [1.165, 1.54) is 5.56 Å². The highest BCUT2D eigenvalue weighted by Crippen LogP contribution is 2.16. The molecule has 0 aliphatic heterocycles. The third-order valence-electron chi connectivity index (χ3n) is 2.48. The number of nitrogens with one attached hydrogen (secondary N) is 1. The van der Waals surface area contributed by atoms with E-state index >= 15 is 0 Å². The van der Waals surface area contributed by atoms with Gasteiger partial charge in [0.25, 0.3) is 0 Å². The summed E-state index contributed by atoms with van der Waals surface area (Å²) in [5, 5.41) is 15.9. The molecule has 0 fully saturated rings. The minimum atomic E-state index is 0.311. The monoisotopic (exact) mass is 192 g/mol. The Balaban J connectivity index is 2.80. The van der Waals surface area contributed by atoms with Crippen molar-refractivity contribution in [2.75, 3.05) is 7.05 Å². The first-order valence-electron chi connectivity index (χ1n) is 4.77. The maximum absolute atomic E-state index is 8.48. The Hall–Kier alpha value is -1.34. The van der Waals surface area contributed by atoms with Crippen molar-refractivity contribution in [1.82, 2.24) is 15.1 Å². The van der Waals surface area contributed by atoms with Crippen molar-refractivity contribution in [2.24, 2.45) is 0 Å². The van der Waals surface area contributed by atoms with E-state index in [1.807, 2.05) is 24.9 Å². The first-order valence-corrected chi connectivity index (χ1v) is 4.77. The SMILES string of the molecule is CNC(C)c1cnn(CCC#N)c1C. The van der Waals surface area contributed by atoms with Crippen molar-refractivity contribution in [3.63, 3.8) is 0 Å². The van der Waals surface area contributed by atoms with Crippen LogP contribution in [-0.4, -0.2) is 16.8 Å². The summed E-state index contributed by atoms with van der Waals surface area (Å²) in [4.78, 5) is 0. The van der Waals surface area contributed by atoms with Crippen LogP contribution in [0.2, 0.25) is 0 Å². The lowest BCUT2D eigenvalue weighted by molar-refractivity contribution is 0.600. The van der Waals surface area contributed by atoms with Crippen LogP contribution in [-0.2, 0) is 6.54 Å². The van der Waals surface area contributed by atoms with Gasteiger partial charge in [0.15, 0.2) is 0 Å². The first-order chi connectivity index (χ1) is 6.70. The fourth-order valence-corrected chi connectivity index (χ4v) is 1.42. The molecule has 0 saturated carbocycles. The average Bonchev–Trinajstić information content (AvgIpc) is 2.56. The zero-order valence-electron chi connectivity index (χ0n) is 8.91. The molecule has 1 unspecified atom stereocenters. The van der Waals surface area contributed by atoms with Crippen molar-refractivity contribution in [3.05, 3.63) is 17.5 Å². The minimum Gasteiger partial charge on any atom is -0.313 e. The van der Waals surface area contributed by atoms with Crippen molar-refractivity contribution >= 4 is 0 Å². The van der Waals surface area contributed by atoms with Crippen molar-refractivity contribution < 1.29 is 0 Å². The third-order valence-corrected chi connectivity index (χ3v) is 2.48. The van der Waals surface area contributed by atoms with E-state index in [9.17, 15) is 0 Å². The van der Waals surface area contributed by atoms with Crippen LogP contribution >= 0.6 is 0 Å². The average molecular weight is 192 g/mol. The highest BCUT2D eigenvalue weighted by atomic mass is 15.3. The van der Waals surface area contributed by atoms with Crippen LogP contribution in [0.25, 0.3) is 0 Å². The van der Waals surface area contributed by atoms with E-state index < -0.39 is 0 Å².